The summed E-state index contributed by atoms with van der Waals surface area (Å²) in [6, 6.07) is 6.02. The molecule has 1 aliphatic carbocycles. The zero-order valence-corrected chi connectivity index (χ0v) is 10.3. The first-order chi connectivity index (χ1) is 7.65. The van der Waals surface area contributed by atoms with Crippen molar-refractivity contribution in [2.24, 2.45) is 5.92 Å². The second-order valence-electron chi connectivity index (χ2n) is 4.78. The third-order valence-corrected chi connectivity index (χ3v) is 3.60. The largest absolute Gasteiger partial charge is 0.506 e. The molecule has 1 aliphatic rings. The zero-order valence-electron chi connectivity index (χ0n) is 9.54. The molecule has 0 spiro atoms. The van der Waals surface area contributed by atoms with E-state index in [0.717, 1.165) is 18.0 Å². The Labute approximate surface area is 102 Å². The Morgan fingerprint density at radius 3 is 2.88 bits per heavy atom. The van der Waals surface area contributed by atoms with Gasteiger partial charge in [-0.2, -0.15) is 0 Å². The molecule has 0 aromatic heterocycles. The quantitative estimate of drug-likeness (QED) is 0.848. The van der Waals surface area contributed by atoms with Gasteiger partial charge in [-0.15, -0.1) is 0 Å². The summed E-state index contributed by atoms with van der Waals surface area (Å²) >= 11 is 5.85. The van der Waals surface area contributed by atoms with Gasteiger partial charge >= 0.3 is 0 Å². The second-order valence-corrected chi connectivity index (χ2v) is 5.19. The highest BCUT2D eigenvalue weighted by atomic mass is 35.5. The molecule has 1 aromatic carbocycles. The van der Waals surface area contributed by atoms with Crippen molar-refractivity contribution in [3.63, 3.8) is 0 Å². The fourth-order valence-corrected chi connectivity index (χ4v) is 2.52. The molecule has 2 N–H and O–H groups in total. The van der Waals surface area contributed by atoms with Crippen LogP contribution in [0, 0.1) is 5.92 Å². The van der Waals surface area contributed by atoms with E-state index in [4.69, 9.17) is 11.6 Å². The van der Waals surface area contributed by atoms with Crippen molar-refractivity contribution in [1.29, 1.82) is 0 Å². The summed E-state index contributed by atoms with van der Waals surface area (Å²) in [5.41, 5.74) is 1.13. The van der Waals surface area contributed by atoms with Crippen LogP contribution in [0.3, 0.4) is 0 Å². The molecule has 1 aromatic rings. The average Bonchev–Trinajstić information content (AvgIpc) is 2.66. The Kier molecular flexibility index (Phi) is 3.72. The molecule has 0 aliphatic heterocycles. The van der Waals surface area contributed by atoms with Gasteiger partial charge in [0.2, 0.25) is 0 Å². The van der Waals surface area contributed by atoms with E-state index in [2.05, 4.69) is 12.2 Å². The van der Waals surface area contributed by atoms with Crippen LogP contribution in [0.4, 0.5) is 0 Å². The molecule has 0 bridgehead atoms. The van der Waals surface area contributed by atoms with E-state index in [-0.39, 0.29) is 5.75 Å². The van der Waals surface area contributed by atoms with E-state index < -0.39 is 0 Å². The molecule has 0 amide bonds. The molecule has 1 saturated carbocycles. The number of rotatable bonds is 3. The SMILES string of the molecule is CC1CCC(NCc2ccc(O)c(Cl)c2)C1. The Balaban J connectivity index is 1.87. The summed E-state index contributed by atoms with van der Waals surface area (Å²) in [5.74, 6) is 1.00. The zero-order chi connectivity index (χ0) is 11.5. The van der Waals surface area contributed by atoms with Gasteiger partial charge in [-0.1, -0.05) is 24.6 Å². The van der Waals surface area contributed by atoms with E-state index in [0.29, 0.717) is 11.1 Å². The molecule has 88 valence electrons. The molecule has 2 nitrogen and oxygen atoms in total. The maximum Gasteiger partial charge on any atom is 0.134 e. The van der Waals surface area contributed by atoms with Crippen molar-refractivity contribution in [3.05, 3.63) is 28.8 Å². The molecule has 3 heteroatoms. The van der Waals surface area contributed by atoms with Crippen LogP contribution >= 0.6 is 11.6 Å². The summed E-state index contributed by atoms with van der Waals surface area (Å²) in [6.07, 6.45) is 3.87. The summed E-state index contributed by atoms with van der Waals surface area (Å²) in [7, 11) is 0. The number of aromatic hydroxyl groups is 1. The van der Waals surface area contributed by atoms with Crippen molar-refractivity contribution in [2.45, 2.75) is 38.8 Å². The first-order valence-electron chi connectivity index (χ1n) is 5.86. The van der Waals surface area contributed by atoms with Crippen molar-refractivity contribution in [3.8, 4) is 5.75 Å². The normalized spacial score (nSPS) is 24.9. The summed E-state index contributed by atoms with van der Waals surface area (Å²) in [6.45, 7) is 3.14. The van der Waals surface area contributed by atoms with Gasteiger partial charge in [-0.25, -0.2) is 0 Å². The monoisotopic (exact) mass is 239 g/mol. The number of phenolic OH excluding ortho intramolecular Hbond substituents is 1. The highest BCUT2D eigenvalue weighted by Crippen LogP contribution is 2.26. The van der Waals surface area contributed by atoms with Crippen molar-refractivity contribution in [1.82, 2.24) is 5.32 Å². The molecule has 16 heavy (non-hydrogen) atoms. The summed E-state index contributed by atoms with van der Waals surface area (Å²) in [5, 5.41) is 13.3. The molecule has 0 saturated heterocycles. The second kappa shape index (κ2) is 5.07. The average molecular weight is 240 g/mol. The number of benzene rings is 1. The lowest BCUT2D eigenvalue weighted by atomic mass is 10.1. The third kappa shape index (κ3) is 2.89. The van der Waals surface area contributed by atoms with Crippen LogP contribution < -0.4 is 5.32 Å². The minimum Gasteiger partial charge on any atom is -0.506 e. The van der Waals surface area contributed by atoms with Crippen LogP contribution in [0.5, 0.6) is 5.75 Å². The van der Waals surface area contributed by atoms with Crippen LogP contribution in [-0.4, -0.2) is 11.1 Å². The maximum atomic E-state index is 9.31. The lowest BCUT2D eigenvalue weighted by Crippen LogP contribution is -2.25. The van der Waals surface area contributed by atoms with E-state index in [1.165, 1.54) is 19.3 Å². The predicted octanol–water partition coefficient (Wildman–Crippen LogP) is 3.32. The summed E-state index contributed by atoms with van der Waals surface area (Å²) < 4.78 is 0. The van der Waals surface area contributed by atoms with E-state index in [1.54, 1.807) is 6.07 Å². The van der Waals surface area contributed by atoms with Gasteiger partial charge in [0.25, 0.3) is 0 Å². The van der Waals surface area contributed by atoms with Gasteiger partial charge < -0.3 is 10.4 Å². The van der Waals surface area contributed by atoms with Crippen LogP contribution in [0.1, 0.15) is 31.7 Å². The Bertz CT molecular complexity index is 367. The summed E-state index contributed by atoms with van der Waals surface area (Å²) in [4.78, 5) is 0. The minimum absolute atomic E-state index is 0.153. The topological polar surface area (TPSA) is 32.3 Å². The van der Waals surface area contributed by atoms with Gasteiger partial charge in [-0.3, -0.25) is 0 Å². The van der Waals surface area contributed by atoms with Crippen LogP contribution in [0.15, 0.2) is 18.2 Å². The maximum absolute atomic E-state index is 9.31. The van der Waals surface area contributed by atoms with Gasteiger partial charge in [0.05, 0.1) is 5.02 Å². The molecule has 2 unspecified atom stereocenters. The third-order valence-electron chi connectivity index (χ3n) is 3.30. The minimum atomic E-state index is 0.153. The molecule has 0 heterocycles. The standard InChI is InChI=1S/C13H18ClNO/c1-9-2-4-11(6-9)15-8-10-3-5-13(16)12(14)7-10/h3,5,7,9,11,15-16H,2,4,6,8H2,1H3. The first kappa shape index (κ1) is 11.7. The molecule has 1 fully saturated rings. The van der Waals surface area contributed by atoms with Gasteiger partial charge in [0, 0.05) is 12.6 Å². The molecule has 2 atom stereocenters. The number of nitrogens with one attached hydrogen (secondary N) is 1. The van der Waals surface area contributed by atoms with Crippen molar-refractivity contribution in [2.75, 3.05) is 0 Å². The predicted molar refractivity (Wildman–Crippen MR) is 66.8 cm³/mol. The number of phenols is 1. The van der Waals surface area contributed by atoms with Crippen molar-refractivity contribution >= 4 is 11.6 Å². The fraction of sp³-hybridized carbons (Fsp3) is 0.538. The van der Waals surface area contributed by atoms with Crippen LogP contribution in [-0.2, 0) is 6.54 Å². The van der Waals surface area contributed by atoms with Crippen LogP contribution in [0.2, 0.25) is 5.02 Å². The van der Waals surface area contributed by atoms with E-state index in [1.807, 2.05) is 12.1 Å². The highest BCUT2D eigenvalue weighted by molar-refractivity contribution is 6.32. The number of halogens is 1. The number of hydrogen-bond acceptors (Lipinski definition) is 2. The van der Waals surface area contributed by atoms with Crippen molar-refractivity contribution < 1.29 is 5.11 Å². The van der Waals surface area contributed by atoms with Crippen LogP contribution in [0.25, 0.3) is 0 Å². The Morgan fingerprint density at radius 1 is 1.44 bits per heavy atom. The highest BCUT2D eigenvalue weighted by Gasteiger charge is 2.20. The Hall–Kier alpha value is -0.730. The molecule has 0 radical (unpaired) electrons. The van der Waals surface area contributed by atoms with E-state index in [9.17, 15) is 5.11 Å². The lowest BCUT2D eigenvalue weighted by Gasteiger charge is -2.12. The smallest absolute Gasteiger partial charge is 0.134 e. The molecular weight excluding hydrogens is 222 g/mol. The Morgan fingerprint density at radius 2 is 2.25 bits per heavy atom. The fourth-order valence-electron chi connectivity index (χ4n) is 2.32. The van der Waals surface area contributed by atoms with E-state index >= 15 is 0 Å². The number of hydrogen-bond donors (Lipinski definition) is 2. The lowest BCUT2D eigenvalue weighted by molar-refractivity contribution is 0.474. The first-order valence-corrected chi connectivity index (χ1v) is 6.23. The molecule has 2 rings (SSSR count). The van der Waals surface area contributed by atoms with Gasteiger partial charge in [0.1, 0.15) is 5.75 Å². The van der Waals surface area contributed by atoms with Gasteiger partial charge in [0.15, 0.2) is 0 Å². The molecular formula is C13H18ClNO. The van der Waals surface area contributed by atoms with Gasteiger partial charge in [-0.05, 0) is 42.9 Å².